The summed E-state index contributed by atoms with van der Waals surface area (Å²) in [7, 11) is 0. The van der Waals surface area contributed by atoms with Crippen LogP contribution in [0.4, 0.5) is 8.78 Å². The van der Waals surface area contributed by atoms with Gasteiger partial charge in [0, 0.05) is 5.39 Å². The van der Waals surface area contributed by atoms with E-state index in [-0.39, 0.29) is 22.8 Å². The fourth-order valence-corrected chi connectivity index (χ4v) is 2.79. The Bertz CT molecular complexity index is 1020. The number of halogens is 2. The molecule has 6 N–H and O–H groups in total. The smallest absolute Gasteiger partial charge is 0.340 e. The molecular weight excluding hydrogens is 412 g/mol. The van der Waals surface area contributed by atoms with E-state index in [2.05, 4.69) is 0 Å². The minimum absolute atomic E-state index is 0.0202. The van der Waals surface area contributed by atoms with Crippen LogP contribution in [0, 0.1) is 18.6 Å². The molecule has 30 heavy (non-hydrogen) atoms. The zero-order valence-electron chi connectivity index (χ0n) is 15.5. The molecule has 0 spiro atoms. The van der Waals surface area contributed by atoms with E-state index >= 15 is 0 Å². The second kappa shape index (κ2) is 9.26. The number of fused-ring (bicyclic) bond motifs is 1. The third-order valence-electron chi connectivity index (χ3n) is 4.56. The number of hydrogen-bond acceptors (Lipinski definition) is 9. The van der Waals surface area contributed by atoms with Gasteiger partial charge in [-0.3, -0.25) is 4.79 Å². The van der Waals surface area contributed by atoms with Gasteiger partial charge in [0.25, 0.3) is 0 Å². The average molecular weight is 431 g/mol. The molecule has 0 bridgehead atoms. The van der Waals surface area contributed by atoms with Crippen LogP contribution in [-0.4, -0.2) is 68.7 Å². The van der Waals surface area contributed by atoms with E-state index in [1.54, 1.807) is 0 Å². The molecule has 0 aliphatic carbocycles. The van der Waals surface area contributed by atoms with Crippen LogP contribution in [0.1, 0.15) is 11.1 Å². The summed E-state index contributed by atoms with van der Waals surface area (Å²) in [5, 5.41) is 48.7. The lowest BCUT2D eigenvalue weighted by Gasteiger charge is -2.26. The molecule has 1 aromatic carbocycles. The quantitative estimate of drug-likeness (QED) is 0.212. The van der Waals surface area contributed by atoms with Crippen LogP contribution in [0.2, 0.25) is 0 Å². The molecular formula is C18H19F2NO9. The zero-order valence-corrected chi connectivity index (χ0v) is 15.5. The molecule has 0 aliphatic rings. The van der Waals surface area contributed by atoms with Crippen molar-refractivity contribution in [2.24, 2.45) is 0 Å². The highest BCUT2D eigenvalue weighted by Crippen LogP contribution is 2.30. The molecule has 1 amide bonds. The van der Waals surface area contributed by atoms with E-state index in [0.29, 0.717) is 0 Å². The number of phenolic OH excluding ortho intramolecular Hbond substituents is 1. The Morgan fingerprint density at radius 1 is 1.27 bits per heavy atom. The van der Waals surface area contributed by atoms with Gasteiger partial charge in [-0.1, -0.05) is 0 Å². The van der Waals surface area contributed by atoms with Crippen molar-refractivity contribution in [2.75, 3.05) is 6.61 Å². The lowest BCUT2D eigenvalue weighted by atomic mass is 10.0. The fraction of sp³-hybridized carbons (Fsp3) is 0.389. The molecule has 164 valence electrons. The summed E-state index contributed by atoms with van der Waals surface area (Å²) in [6, 6.07) is -0.980. The van der Waals surface area contributed by atoms with Crippen LogP contribution in [0.25, 0.3) is 11.0 Å². The van der Waals surface area contributed by atoms with E-state index in [1.165, 1.54) is 6.92 Å². The summed E-state index contributed by atoms with van der Waals surface area (Å²) in [5.41, 5.74) is -2.19. The Morgan fingerprint density at radius 2 is 1.90 bits per heavy atom. The second-order valence-electron chi connectivity index (χ2n) is 6.53. The minimum Gasteiger partial charge on any atom is -0.503 e. The molecule has 10 nitrogen and oxygen atoms in total. The number of nitrogens with one attached hydrogen (secondary N) is 1. The van der Waals surface area contributed by atoms with Crippen LogP contribution in [0.3, 0.4) is 0 Å². The molecule has 1 aromatic heterocycles. The topological polar surface area (TPSA) is 178 Å². The van der Waals surface area contributed by atoms with Crippen LogP contribution >= 0.6 is 0 Å². The van der Waals surface area contributed by atoms with Gasteiger partial charge in [0.15, 0.2) is 17.1 Å². The standard InChI is InChI=1S/C18H19F2NO9/c1-6-7-2-9(19)14(26)13(20)17(7)30-18(29)8(6)3-12(25)21-10(4-22)15(27)16(28)11(24)5-23/h2,4,10-11,15-16,23-24,26-28H,3,5H2,1H3,(H,21,25)/t10-,11+,15+,16+/m1/s1. The number of phenols is 1. The molecule has 4 atom stereocenters. The zero-order chi connectivity index (χ0) is 22.7. The van der Waals surface area contributed by atoms with E-state index in [1.807, 2.05) is 5.32 Å². The van der Waals surface area contributed by atoms with Gasteiger partial charge in [-0.2, -0.15) is 4.39 Å². The van der Waals surface area contributed by atoms with E-state index < -0.39 is 71.9 Å². The third kappa shape index (κ3) is 4.46. The first-order valence-electron chi connectivity index (χ1n) is 8.56. The maximum absolute atomic E-state index is 14.0. The van der Waals surface area contributed by atoms with Crippen molar-refractivity contribution in [1.82, 2.24) is 5.32 Å². The Labute approximate surface area is 167 Å². The number of aromatic hydroxyl groups is 1. The summed E-state index contributed by atoms with van der Waals surface area (Å²) in [6.45, 7) is 0.364. The highest BCUT2D eigenvalue weighted by atomic mass is 19.1. The molecule has 2 aromatic rings. The van der Waals surface area contributed by atoms with E-state index in [0.717, 1.165) is 6.07 Å². The minimum atomic E-state index is -1.98. The van der Waals surface area contributed by atoms with E-state index in [9.17, 15) is 43.6 Å². The summed E-state index contributed by atoms with van der Waals surface area (Å²) in [5.74, 6) is -5.12. The number of aliphatic hydroxyl groups excluding tert-OH is 4. The summed E-state index contributed by atoms with van der Waals surface area (Å²) < 4.78 is 32.4. The van der Waals surface area contributed by atoms with Crippen molar-refractivity contribution in [1.29, 1.82) is 0 Å². The number of carbonyl (C=O) groups excluding carboxylic acids is 2. The van der Waals surface area contributed by atoms with Gasteiger partial charge in [-0.15, -0.1) is 0 Å². The predicted octanol–water partition coefficient (Wildman–Crippen LogP) is -1.61. The molecule has 0 aliphatic heterocycles. The summed E-state index contributed by atoms with van der Waals surface area (Å²) in [4.78, 5) is 35.5. The number of aliphatic hydroxyl groups is 4. The van der Waals surface area contributed by atoms with Gasteiger partial charge < -0.3 is 40.1 Å². The van der Waals surface area contributed by atoms with Gasteiger partial charge in [0.2, 0.25) is 11.7 Å². The van der Waals surface area contributed by atoms with Crippen molar-refractivity contribution >= 4 is 23.2 Å². The Hall–Kier alpha value is -2.93. The monoisotopic (exact) mass is 431 g/mol. The largest absolute Gasteiger partial charge is 0.503 e. The van der Waals surface area contributed by atoms with Crippen LogP contribution in [-0.2, 0) is 16.0 Å². The van der Waals surface area contributed by atoms with Gasteiger partial charge in [0.05, 0.1) is 18.6 Å². The normalized spacial score (nSPS) is 15.4. The van der Waals surface area contributed by atoms with Gasteiger partial charge in [0.1, 0.15) is 30.6 Å². The highest BCUT2D eigenvalue weighted by molar-refractivity contribution is 5.86. The third-order valence-corrected chi connectivity index (χ3v) is 4.56. The predicted molar refractivity (Wildman–Crippen MR) is 95.6 cm³/mol. The Morgan fingerprint density at radius 3 is 2.47 bits per heavy atom. The Balaban J connectivity index is 2.31. The molecule has 0 saturated heterocycles. The maximum Gasteiger partial charge on any atom is 0.340 e. The number of aldehydes is 1. The molecule has 0 saturated carbocycles. The molecule has 0 radical (unpaired) electrons. The second-order valence-corrected chi connectivity index (χ2v) is 6.53. The number of benzene rings is 1. The highest BCUT2D eigenvalue weighted by Gasteiger charge is 2.32. The lowest BCUT2D eigenvalue weighted by molar-refractivity contribution is -0.130. The SMILES string of the molecule is Cc1c(CC(=O)N[C@H](C=O)[C@H](O)[C@@H](O)[C@@H](O)CO)c(=O)oc2c(F)c(O)c(F)cc12. The number of rotatable bonds is 8. The van der Waals surface area contributed by atoms with Crippen molar-refractivity contribution in [2.45, 2.75) is 37.7 Å². The van der Waals surface area contributed by atoms with Crippen LogP contribution < -0.4 is 10.9 Å². The molecule has 0 unspecified atom stereocenters. The first kappa shape index (κ1) is 23.3. The van der Waals surface area contributed by atoms with Gasteiger partial charge in [-0.25, -0.2) is 9.18 Å². The first-order chi connectivity index (χ1) is 14.0. The number of aryl methyl sites for hydroxylation is 1. The van der Waals surface area contributed by atoms with Crippen molar-refractivity contribution in [3.8, 4) is 5.75 Å². The van der Waals surface area contributed by atoms with E-state index in [4.69, 9.17) is 9.52 Å². The summed E-state index contributed by atoms with van der Waals surface area (Å²) >= 11 is 0. The van der Waals surface area contributed by atoms with Crippen molar-refractivity contribution in [3.63, 3.8) is 0 Å². The average Bonchev–Trinajstić information content (AvgIpc) is 2.72. The van der Waals surface area contributed by atoms with Gasteiger partial charge >= 0.3 is 5.63 Å². The van der Waals surface area contributed by atoms with Gasteiger partial charge in [-0.05, 0) is 18.6 Å². The molecule has 0 fully saturated rings. The molecule has 2 rings (SSSR count). The number of amides is 1. The van der Waals surface area contributed by atoms with Crippen LogP contribution in [0.5, 0.6) is 5.75 Å². The fourth-order valence-electron chi connectivity index (χ4n) is 2.79. The van der Waals surface area contributed by atoms with Crippen LogP contribution in [0.15, 0.2) is 15.3 Å². The first-order valence-corrected chi connectivity index (χ1v) is 8.56. The molecule has 12 heteroatoms. The lowest BCUT2D eigenvalue weighted by Crippen LogP contribution is -2.53. The molecule has 1 heterocycles. The maximum atomic E-state index is 14.0. The number of carbonyl (C=O) groups is 2. The Kier molecular flexibility index (Phi) is 7.21. The summed E-state index contributed by atoms with van der Waals surface area (Å²) in [6.07, 6.45) is -6.37. The van der Waals surface area contributed by atoms with Crippen molar-refractivity contribution < 1.29 is 48.3 Å². The van der Waals surface area contributed by atoms with Crippen molar-refractivity contribution in [3.05, 3.63) is 39.2 Å². The number of hydrogen-bond donors (Lipinski definition) is 6.